The van der Waals surface area contributed by atoms with Gasteiger partial charge in [-0.05, 0) is 32.5 Å². The minimum atomic E-state index is -0.937. The van der Waals surface area contributed by atoms with Crippen LogP contribution in [0.5, 0.6) is 0 Å². The summed E-state index contributed by atoms with van der Waals surface area (Å²) in [5, 5.41) is 13.4. The molecule has 4 nitrogen and oxygen atoms in total. The number of rotatable bonds is 6. The molecule has 2 N–H and O–H groups in total. The fourth-order valence-corrected chi connectivity index (χ4v) is 2.92. The number of thioether (sulfide) groups is 1. The van der Waals surface area contributed by atoms with E-state index in [1.54, 1.807) is 32.3 Å². The van der Waals surface area contributed by atoms with Gasteiger partial charge in [0.15, 0.2) is 0 Å². The maximum Gasteiger partial charge on any atom is 0.323 e. The van der Waals surface area contributed by atoms with Crippen LogP contribution >= 0.6 is 23.4 Å². The van der Waals surface area contributed by atoms with Crippen molar-refractivity contribution in [1.82, 2.24) is 10.3 Å². The van der Waals surface area contributed by atoms with E-state index in [4.69, 9.17) is 11.6 Å². The van der Waals surface area contributed by atoms with Crippen LogP contribution in [0.25, 0.3) is 0 Å². The summed E-state index contributed by atoms with van der Waals surface area (Å²) in [6, 6.07) is 3.55. The zero-order valence-corrected chi connectivity index (χ0v) is 12.2. The van der Waals surface area contributed by atoms with Crippen LogP contribution in [0.4, 0.5) is 0 Å². The Kier molecular flexibility index (Phi) is 5.44. The minimum absolute atomic E-state index is 0.0888. The molecule has 1 aromatic heterocycles. The summed E-state index contributed by atoms with van der Waals surface area (Å²) in [6.45, 7) is 3.64. The normalized spacial score (nSPS) is 16.0. The van der Waals surface area contributed by atoms with Gasteiger partial charge in [-0.25, -0.2) is 4.98 Å². The number of likely N-dealkylation sites (N-methyl/N-ethyl adjacent to an activating group) is 1. The standard InChI is InChI=1S/C12H17ClN2O2S/c1-8(7-12(2,14-3)11(16)17)18-10-9(13)5-4-6-15-10/h4-6,8,14H,7H2,1-3H3,(H,16,17). The molecular weight excluding hydrogens is 272 g/mol. The molecule has 0 amide bonds. The summed E-state index contributed by atoms with van der Waals surface area (Å²) >= 11 is 7.50. The minimum Gasteiger partial charge on any atom is -0.480 e. The third-order valence-corrected chi connectivity index (χ3v) is 4.29. The summed E-state index contributed by atoms with van der Waals surface area (Å²) in [5.41, 5.74) is -0.937. The highest BCUT2D eigenvalue weighted by Gasteiger charge is 2.33. The number of nitrogens with one attached hydrogen (secondary N) is 1. The molecule has 0 radical (unpaired) electrons. The van der Waals surface area contributed by atoms with Crippen LogP contribution in [0.15, 0.2) is 23.4 Å². The highest BCUT2D eigenvalue weighted by molar-refractivity contribution is 7.99. The smallest absolute Gasteiger partial charge is 0.323 e. The summed E-state index contributed by atoms with van der Waals surface area (Å²) in [5.74, 6) is -0.857. The Morgan fingerprint density at radius 1 is 1.72 bits per heavy atom. The van der Waals surface area contributed by atoms with E-state index in [-0.39, 0.29) is 5.25 Å². The van der Waals surface area contributed by atoms with Crippen molar-refractivity contribution in [2.24, 2.45) is 0 Å². The van der Waals surface area contributed by atoms with Crippen LogP contribution in [0.2, 0.25) is 5.02 Å². The van der Waals surface area contributed by atoms with Crippen molar-refractivity contribution in [2.45, 2.75) is 36.1 Å². The Labute approximate surface area is 116 Å². The maximum atomic E-state index is 11.2. The number of halogens is 1. The number of hydrogen-bond acceptors (Lipinski definition) is 4. The van der Waals surface area contributed by atoms with Gasteiger partial charge in [0, 0.05) is 11.4 Å². The van der Waals surface area contributed by atoms with E-state index >= 15 is 0 Å². The summed E-state index contributed by atoms with van der Waals surface area (Å²) in [4.78, 5) is 15.4. The molecule has 1 heterocycles. The third-order valence-electron chi connectivity index (χ3n) is 2.76. The lowest BCUT2D eigenvalue weighted by Crippen LogP contribution is -2.49. The first-order valence-corrected chi connectivity index (χ1v) is 6.84. The van der Waals surface area contributed by atoms with Gasteiger partial charge < -0.3 is 10.4 Å². The van der Waals surface area contributed by atoms with Gasteiger partial charge in [0.1, 0.15) is 10.6 Å². The van der Waals surface area contributed by atoms with Crippen molar-refractivity contribution in [3.8, 4) is 0 Å². The van der Waals surface area contributed by atoms with Crippen molar-refractivity contribution in [2.75, 3.05) is 7.05 Å². The molecule has 2 unspecified atom stereocenters. The molecule has 1 aromatic rings. The summed E-state index contributed by atoms with van der Waals surface area (Å²) < 4.78 is 0. The highest BCUT2D eigenvalue weighted by atomic mass is 35.5. The van der Waals surface area contributed by atoms with Gasteiger partial charge in [-0.1, -0.05) is 18.5 Å². The van der Waals surface area contributed by atoms with Crippen LogP contribution in [0, 0.1) is 0 Å². The van der Waals surface area contributed by atoms with Crippen molar-refractivity contribution < 1.29 is 9.90 Å². The highest BCUT2D eigenvalue weighted by Crippen LogP contribution is 2.31. The Hall–Kier alpha value is -0.780. The molecule has 0 aliphatic rings. The maximum absolute atomic E-state index is 11.2. The third kappa shape index (κ3) is 3.86. The van der Waals surface area contributed by atoms with Gasteiger partial charge in [-0.3, -0.25) is 4.79 Å². The van der Waals surface area contributed by atoms with E-state index in [0.717, 1.165) is 5.03 Å². The number of hydrogen-bond donors (Lipinski definition) is 2. The second-order valence-corrected chi connectivity index (χ2v) is 6.14. The van der Waals surface area contributed by atoms with Gasteiger partial charge in [0.2, 0.25) is 0 Å². The molecular formula is C12H17ClN2O2S. The van der Waals surface area contributed by atoms with Crippen LogP contribution in [0.1, 0.15) is 20.3 Å². The number of carboxylic acid groups (broad SMARTS) is 1. The molecule has 6 heteroatoms. The molecule has 0 saturated carbocycles. The van der Waals surface area contributed by atoms with Crippen LogP contribution in [-0.4, -0.2) is 33.9 Å². The van der Waals surface area contributed by atoms with Crippen LogP contribution < -0.4 is 5.32 Å². The fourth-order valence-electron chi connectivity index (χ4n) is 1.56. The molecule has 0 spiro atoms. The van der Waals surface area contributed by atoms with Gasteiger partial charge in [0.25, 0.3) is 0 Å². The number of pyridine rings is 1. The lowest BCUT2D eigenvalue weighted by molar-refractivity contribution is -0.144. The number of carboxylic acids is 1. The molecule has 0 bridgehead atoms. The Morgan fingerprint density at radius 3 is 2.89 bits per heavy atom. The van der Waals surface area contributed by atoms with E-state index < -0.39 is 11.5 Å². The Bertz CT molecular complexity index is 430. The SMILES string of the molecule is CNC(C)(CC(C)Sc1ncccc1Cl)C(=O)O. The molecule has 1 rings (SSSR count). The van der Waals surface area contributed by atoms with Crippen molar-refractivity contribution >= 4 is 29.3 Å². The number of aliphatic carboxylic acids is 1. The van der Waals surface area contributed by atoms with Gasteiger partial charge in [0.05, 0.1) is 5.02 Å². The average Bonchev–Trinajstić information content (AvgIpc) is 2.31. The predicted octanol–water partition coefficient (Wildman–Crippen LogP) is 2.67. The topological polar surface area (TPSA) is 62.2 Å². The molecule has 0 aliphatic heterocycles. The van der Waals surface area contributed by atoms with Crippen LogP contribution in [-0.2, 0) is 4.79 Å². The largest absolute Gasteiger partial charge is 0.480 e. The zero-order valence-electron chi connectivity index (χ0n) is 10.6. The second-order valence-electron chi connectivity index (χ2n) is 4.31. The first-order chi connectivity index (χ1) is 8.39. The lowest BCUT2D eigenvalue weighted by atomic mass is 9.96. The Morgan fingerprint density at radius 2 is 2.39 bits per heavy atom. The number of carbonyl (C=O) groups is 1. The van der Waals surface area contributed by atoms with Crippen LogP contribution in [0.3, 0.4) is 0 Å². The Balaban J connectivity index is 2.70. The number of nitrogens with zero attached hydrogens (tertiary/aromatic N) is 1. The van der Waals surface area contributed by atoms with Crippen molar-refractivity contribution in [3.63, 3.8) is 0 Å². The number of aromatic nitrogens is 1. The van der Waals surface area contributed by atoms with Crippen molar-refractivity contribution in [3.05, 3.63) is 23.4 Å². The van der Waals surface area contributed by atoms with E-state index in [1.165, 1.54) is 11.8 Å². The zero-order chi connectivity index (χ0) is 13.8. The van der Waals surface area contributed by atoms with Gasteiger partial charge in [-0.2, -0.15) is 0 Å². The molecule has 2 atom stereocenters. The molecule has 0 fully saturated rings. The average molecular weight is 289 g/mol. The van der Waals surface area contributed by atoms with E-state index in [0.29, 0.717) is 11.4 Å². The van der Waals surface area contributed by atoms with Gasteiger partial charge >= 0.3 is 5.97 Å². The molecule has 0 saturated heterocycles. The summed E-state index contributed by atoms with van der Waals surface area (Å²) in [6.07, 6.45) is 2.16. The molecule has 0 aromatic carbocycles. The fraction of sp³-hybridized carbons (Fsp3) is 0.500. The monoisotopic (exact) mass is 288 g/mol. The quantitative estimate of drug-likeness (QED) is 0.788. The summed E-state index contributed by atoms with van der Waals surface area (Å²) in [7, 11) is 1.65. The molecule has 0 aliphatic carbocycles. The first-order valence-electron chi connectivity index (χ1n) is 5.58. The van der Waals surface area contributed by atoms with E-state index in [9.17, 15) is 9.90 Å². The van der Waals surface area contributed by atoms with E-state index in [2.05, 4.69) is 10.3 Å². The van der Waals surface area contributed by atoms with Gasteiger partial charge in [-0.15, -0.1) is 11.8 Å². The lowest BCUT2D eigenvalue weighted by Gasteiger charge is -2.27. The molecule has 100 valence electrons. The van der Waals surface area contributed by atoms with E-state index in [1.807, 2.05) is 6.92 Å². The molecule has 18 heavy (non-hydrogen) atoms. The second kappa shape index (κ2) is 6.41. The first kappa shape index (κ1) is 15.3. The van der Waals surface area contributed by atoms with Crippen molar-refractivity contribution in [1.29, 1.82) is 0 Å². The predicted molar refractivity (Wildman–Crippen MR) is 74.3 cm³/mol.